The van der Waals surface area contributed by atoms with E-state index in [0.29, 0.717) is 12.5 Å². The fourth-order valence-corrected chi connectivity index (χ4v) is 2.93. The number of hydrogen-bond donors (Lipinski definition) is 1. The van der Waals surface area contributed by atoms with E-state index >= 15 is 0 Å². The summed E-state index contributed by atoms with van der Waals surface area (Å²) in [5.41, 5.74) is 1.81. The van der Waals surface area contributed by atoms with Crippen LogP contribution in [-0.4, -0.2) is 42.1 Å². The molecule has 0 spiro atoms. The van der Waals surface area contributed by atoms with Gasteiger partial charge in [0, 0.05) is 30.8 Å². The molecule has 0 saturated carbocycles. The first-order chi connectivity index (χ1) is 10.1. The van der Waals surface area contributed by atoms with Crippen LogP contribution in [0.5, 0.6) is 5.75 Å². The Morgan fingerprint density at radius 1 is 1.48 bits per heavy atom. The monoisotopic (exact) mass is 291 g/mol. The zero-order chi connectivity index (χ0) is 15.2. The Kier molecular flexibility index (Phi) is 5.76. The predicted molar refractivity (Wildman–Crippen MR) is 82.7 cm³/mol. The average molecular weight is 291 g/mol. The van der Waals surface area contributed by atoms with Crippen LogP contribution in [0.15, 0.2) is 18.2 Å². The molecule has 4 nitrogen and oxygen atoms in total. The van der Waals surface area contributed by atoms with Crippen molar-refractivity contribution in [3.63, 3.8) is 0 Å². The molecule has 1 fully saturated rings. The third kappa shape index (κ3) is 4.29. The van der Waals surface area contributed by atoms with Crippen LogP contribution in [0.1, 0.15) is 42.6 Å². The molecule has 1 saturated heterocycles. The van der Waals surface area contributed by atoms with Crippen LogP contribution in [0.2, 0.25) is 0 Å². The van der Waals surface area contributed by atoms with Gasteiger partial charge < -0.3 is 9.84 Å². The first kappa shape index (κ1) is 16.0. The van der Waals surface area contributed by atoms with E-state index in [1.165, 1.54) is 0 Å². The summed E-state index contributed by atoms with van der Waals surface area (Å²) in [4.78, 5) is 13.9. The van der Waals surface area contributed by atoms with E-state index in [1.54, 1.807) is 6.92 Å². The number of rotatable bonds is 7. The second kappa shape index (κ2) is 7.57. The molecular formula is C17H25NO3. The molecule has 21 heavy (non-hydrogen) atoms. The van der Waals surface area contributed by atoms with Crippen molar-refractivity contribution < 1.29 is 14.6 Å². The minimum atomic E-state index is 0.0823. The standard InChI is InChI=1S/C17H25NO3/c1-3-21-17-5-4-15(13(2)20)10-16(17)12-18-8-6-14(11-18)7-9-19/h4-5,10,14,19H,3,6-9,11-12H2,1-2H3. The zero-order valence-corrected chi connectivity index (χ0v) is 13.0. The summed E-state index contributed by atoms with van der Waals surface area (Å²) in [6.45, 7) is 7.31. The highest BCUT2D eigenvalue weighted by atomic mass is 16.5. The predicted octanol–water partition coefficient (Wildman–Crippen LogP) is 2.49. The van der Waals surface area contributed by atoms with Gasteiger partial charge in [-0.15, -0.1) is 0 Å². The van der Waals surface area contributed by atoms with E-state index in [9.17, 15) is 4.79 Å². The van der Waals surface area contributed by atoms with Crippen LogP contribution in [0, 0.1) is 5.92 Å². The van der Waals surface area contributed by atoms with Gasteiger partial charge in [-0.1, -0.05) is 0 Å². The number of ether oxygens (including phenoxy) is 1. The molecule has 1 N–H and O–H groups in total. The van der Waals surface area contributed by atoms with Gasteiger partial charge in [-0.25, -0.2) is 0 Å². The van der Waals surface area contributed by atoms with E-state index in [0.717, 1.165) is 49.4 Å². The highest BCUT2D eigenvalue weighted by Gasteiger charge is 2.23. The van der Waals surface area contributed by atoms with Gasteiger partial charge in [-0.3, -0.25) is 9.69 Å². The van der Waals surface area contributed by atoms with Gasteiger partial charge in [0.2, 0.25) is 0 Å². The van der Waals surface area contributed by atoms with E-state index < -0.39 is 0 Å². The van der Waals surface area contributed by atoms with E-state index in [1.807, 2.05) is 25.1 Å². The van der Waals surface area contributed by atoms with Gasteiger partial charge >= 0.3 is 0 Å². The minimum absolute atomic E-state index is 0.0823. The summed E-state index contributed by atoms with van der Waals surface area (Å²) in [6.07, 6.45) is 2.01. The van der Waals surface area contributed by atoms with Crippen molar-refractivity contribution in [2.45, 2.75) is 33.2 Å². The molecule has 2 rings (SSSR count). The number of hydrogen-bond acceptors (Lipinski definition) is 4. The lowest BCUT2D eigenvalue weighted by molar-refractivity contribution is 0.101. The van der Waals surface area contributed by atoms with E-state index in [2.05, 4.69) is 4.90 Å². The molecule has 0 radical (unpaired) electrons. The number of likely N-dealkylation sites (tertiary alicyclic amines) is 1. The number of nitrogens with zero attached hydrogens (tertiary/aromatic N) is 1. The van der Waals surface area contributed by atoms with E-state index in [-0.39, 0.29) is 12.4 Å². The molecular weight excluding hydrogens is 266 g/mol. The molecule has 1 unspecified atom stereocenters. The quantitative estimate of drug-likeness (QED) is 0.784. The van der Waals surface area contributed by atoms with E-state index in [4.69, 9.17) is 9.84 Å². The Labute approximate surface area is 126 Å². The molecule has 4 heteroatoms. The van der Waals surface area contributed by atoms with Crippen LogP contribution in [0.3, 0.4) is 0 Å². The number of aliphatic hydroxyl groups is 1. The highest BCUT2D eigenvalue weighted by molar-refractivity contribution is 5.94. The number of Topliss-reactive ketones (excluding diaryl/α,β-unsaturated/α-hetero) is 1. The molecule has 1 aromatic rings. The lowest BCUT2D eigenvalue weighted by Gasteiger charge is -2.19. The first-order valence-corrected chi connectivity index (χ1v) is 7.74. The molecule has 0 amide bonds. The SMILES string of the molecule is CCOc1ccc(C(C)=O)cc1CN1CCC(CCO)C1. The van der Waals surface area contributed by atoms with Crippen LogP contribution < -0.4 is 4.74 Å². The highest BCUT2D eigenvalue weighted by Crippen LogP contribution is 2.26. The number of carbonyl (C=O) groups excluding carboxylic acids is 1. The van der Waals surface area contributed by atoms with Crippen molar-refractivity contribution in [1.82, 2.24) is 4.90 Å². The summed E-state index contributed by atoms with van der Waals surface area (Å²) >= 11 is 0. The Hall–Kier alpha value is -1.39. The summed E-state index contributed by atoms with van der Waals surface area (Å²) in [5.74, 6) is 1.54. The third-order valence-electron chi connectivity index (χ3n) is 4.07. The van der Waals surface area contributed by atoms with Crippen molar-refractivity contribution in [2.24, 2.45) is 5.92 Å². The van der Waals surface area contributed by atoms with Crippen molar-refractivity contribution in [3.05, 3.63) is 29.3 Å². The van der Waals surface area contributed by atoms with Gasteiger partial charge in [0.15, 0.2) is 5.78 Å². The maximum Gasteiger partial charge on any atom is 0.159 e. The molecule has 0 aromatic heterocycles. The van der Waals surface area contributed by atoms with Gasteiger partial charge in [0.05, 0.1) is 6.61 Å². The molecule has 0 aliphatic carbocycles. The van der Waals surface area contributed by atoms with Crippen molar-refractivity contribution in [3.8, 4) is 5.75 Å². The zero-order valence-electron chi connectivity index (χ0n) is 13.0. The molecule has 0 bridgehead atoms. The lowest BCUT2D eigenvalue weighted by atomic mass is 10.1. The summed E-state index contributed by atoms with van der Waals surface area (Å²) in [5, 5.41) is 9.04. The summed E-state index contributed by atoms with van der Waals surface area (Å²) in [6, 6.07) is 5.68. The number of aliphatic hydroxyl groups excluding tert-OH is 1. The Balaban J connectivity index is 2.10. The normalized spacial score (nSPS) is 18.9. The Morgan fingerprint density at radius 2 is 2.29 bits per heavy atom. The third-order valence-corrected chi connectivity index (χ3v) is 4.07. The summed E-state index contributed by atoms with van der Waals surface area (Å²) < 4.78 is 5.68. The summed E-state index contributed by atoms with van der Waals surface area (Å²) in [7, 11) is 0. The fourth-order valence-electron chi connectivity index (χ4n) is 2.93. The molecule has 1 atom stereocenters. The Morgan fingerprint density at radius 3 is 2.95 bits per heavy atom. The van der Waals surface area contributed by atoms with Crippen molar-refractivity contribution in [1.29, 1.82) is 0 Å². The lowest BCUT2D eigenvalue weighted by Crippen LogP contribution is -2.21. The van der Waals surface area contributed by atoms with Crippen LogP contribution in [0.4, 0.5) is 0 Å². The maximum absolute atomic E-state index is 11.6. The van der Waals surface area contributed by atoms with Crippen LogP contribution in [-0.2, 0) is 6.54 Å². The smallest absolute Gasteiger partial charge is 0.159 e. The second-order valence-corrected chi connectivity index (χ2v) is 5.71. The largest absolute Gasteiger partial charge is 0.494 e. The second-order valence-electron chi connectivity index (χ2n) is 5.71. The van der Waals surface area contributed by atoms with Gasteiger partial charge in [-0.2, -0.15) is 0 Å². The Bertz CT molecular complexity index is 487. The van der Waals surface area contributed by atoms with Crippen LogP contribution in [0.25, 0.3) is 0 Å². The maximum atomic E-state index is 11.6. The van der Waals surface area contributed by atoms with Gasteiger partial charge in [0.25, 0.3) is 0 Å². The first-order valence-electron chi connectivity index (χ1n) is 7.74. The molecule has 1 aliphatic heterocycles. The minimum Gasteiger partial charge on any atom is -0.494 e. The van der Waals surface area contributed by atoms with Gasteiger partial charge in [0.1, 0.15) is 5.75 Å². The van der Waals surface area contributed by atoms with Crippen LogP contribution >= 0.6 is 0 Å². The molecule has 1 aromatic carbocycles. The number of benzene rings is 1. The number of carbonyl (C=O) groups is 1. The van der Waals surface area contributed by atoms with Crippen molar-refractivity contribution >= 4 is 5.78 Å². The fraction of sp³-hybridized carbons (Fsp3) is 0.588. The average Bonchev–Trinajstić information content (AvgIpc) is 2.88. The topological polar surface area (TPSA) is 49.8 Å². The molecule has 116 valence electrons. The molecule has 1 aliphatic rings. The molecule has 1 heterocycles. The van der Waals surface area contributed by atoms with Crippen molar-refractivity contribution in [2.75, 3.05) is 26.3 Å². The van der Waals surface area contributed by atoms with Gasteiger partial charge in [-0.05, 0) is 57.4 Å². The number of ketones is 1.